The van der Waals surface area contributed by atoms with Crippen LogP contribution >= 0.6 is 11.6 Å². The van der Waals surface area contributed by atoms with Gasteiger partial charge in [0.05, 0.1) is 6.10 Å². The van der Waals surface area contributed by atoms with Crippen molar-refractivity contribution in [3.8, 4) is 0 Å². The lowest BCUT2D eigenvalue weighted by atomic mass is 9.50. The summed E-state index contributed by atoms with van der Waals surface area (Å²) in [6.07, 6.45) is 7.81. The van der Waals surface area contributed by atoms with Crippen molar-refractivity contribution in [2.75, 3.05) is 18.6 Å². The molecule has 1 aromatic rings. The smallest absolute Gasteiger partial charge is 0.135 e. The summed E-state index contributed by atoms with van der Waals surface area (Å²) in [5.41, 5.74) is 0.349. The highest BCUT2D eigenvalue weighted by Crippen LogP contribution is 2.59. The number of hydrogen-bond donors (Lipinski definition) is 0. The molecule has 3 saturated carbocycles. The number of anilines is 1. The van der Waals surface area contributed by atoms with Gasteiger partial charge in [0.2, 0.25) is 0 Å². The van der Waals surface area contributed by atoms with Gasteiger partial charge < -0.3 is 9.64 Å². The molecule has 4 nitrogen and oxygen atoms in total. The molecule has 22 heavy (non-hydrogen) atoms. The van der Waals surface area contributed by atoms with E-state index in [4.69, 9.17) is 21.3 Å². The average Bonchev–Trinajstić information content (AvgIpc) is 3.24. The second-order valence-electron chi connectivity index (χ2n) is 7.07. The van der Waals surface area contributed by atoms with Crippen molar-refractivity contribution >= 4 is 17.4 Å². The van der Waals surface area contributed by atoms with Crippen molar-refractivity contribution in [2.24, 2.45) is 5.41 Å². The Morgan fingerprint density at radius 3 is 2.73 bits per heavy atom. The highest BCUT2D eigenvalue weighted by molar-refractivity contribution is 6.29. The lowest BCUT2D eigenvalue weighted by molar-refractivity contribution is -0.164. The van der Waals surface area contributed by atoms with E-state index < -0.39 is 0 Å². The number of ether oxygens (including phenoxy) is 1. The Hall–Kier alpha value is -0.870. The molecule has 5 heteroatoms. The van der Waals surface area contributed by atoms with Crippen LogP contribution in [0.15, 0.2) is 6.07 Å². The molecule has 0 saturated heterocycles. The third-order valence-corrected chi connectivity index (χ3v) is 6.06. The Morgan fingerprint density at radius 1 is 1.36 bits per heavy atom. The summed E-state index contributed by atoms with van der Waals surface area (Å²) in [4.78, 5) is 11.5. The van der Waals surface area contributed by atoms with Crippen LogP contribution in [0.25, 0.3) is 0 Å². The van der Waals surface area contributed by atoms with E-state index in [0.717, 1.165) is 24.7 Å². The lowest BCUT2D eigenvalue weighted by Gasteiger charge is -2.63. The molecule has 1 spiro atoms. The lowest BCUT2D eigenvalue weighted by Crippen LogP contribution is -2.67. The minimum atomic E-state index is 0.349. The highest BCUT2D eigenvalue weighted by Gasteiger charge is 2.60. The SMILES string of the molecule is CCOC1CC(N(C)c2cc(Cl)nc(C3CC3)n2)C12CCC2. The van der Waals surface area contributed by atoms with Crippen molar-refractivity contribution in [1.29, 1.82) is 0 Å². The van der Waals surface area contributed by atoms with Gasteiger partial charge in [0, 0.05) is 37.1 Å². The third-order valence-electron chi connectivity index (χ3n) is 5.86. The summed E-state index contributed by atoms with van der Waals surface area (Å²) in [6, 6.07) is 2.43. The molecule has 0 bridgehead atoms. The average molecular weight is 322 g/mol. The third kappa shape index (κ3) is 2.23. The van der Waals surface area contributed by atoms with E-state index in [1.54, 1.807) is 0 Å². The molecule has 3 aliphatic rings. The Balaban J connectivity index is 1.56. The summed E-state index contributed by atoms with van der Waals surface area (Å²) in [5.74, 6) is 2.44. The van der Waals surface area contributed by atoms with Gasteiger partial charge in [-0.2, -0.15) is 0 Å². The van der Waals surface area contributed by atoms with Crippen LogP contribution in [0, 0.1) is 5.41 Å². The zero-order valence-corrected chi connectivity index (χ0v) is 14.1. The molecule has 4 rings (SSSR count). The standard InChI is InChI=1S/C17H24ClN3O/c1-3-22-13-9-12(17(13)7-4-8-17)21(2)15-10-14(18)19-16(20-15)11-5-6-11/h10-13H,3-9H2,1-2H3. The quantitative estimate of drug-likeness (QED) is 0.773. The van der Waals surface area contributed by atoms with E-state index >= 15 is 0 Å². The van der Waals surface area contributed by atoms with Crippen LogP contribution in [-0.4, -0.2) is 35.8 Å². The monoisotopic (exact) mass is 321 g/mol. The molecular formula is C17H24ClN3O. The first-order valence-electron chi connectivity index (χ1n) is 8.53. The second-order valence-corrected chi connectivity index (χ2v) is 7.46. The molecule has 0 aromatic carbocycles. The van der Waals surface area contributed by atoms with Gasteiger partial charge in [-0.3, -0.25) is 0 Å². The second kappa shape index (κ2) is 5.34. The molecule has 2 atom stereocenters. The molecule has 3 fully saturated rings. The van der Waals surface area contributed by atoms with Crippen LogP contribution in [-0.2, 0) is 4.74 Å². The molecular weight excluding hydrogens is 298 g/mol. The summed E-state index contributed by atoms with van der Waals surface area (Å²) in [5, 5.41) is 0.571. The van der Waals surface area contributed by atoms with Gasteiger partial charge in [0.15, 0.2) is 0 Å². The molecule has 120 valence electrons. The van der Waals surface area contributed by atoms with E-state index in [9.17, 15) is 0 Å². The summed E-state index contributed by atoms with van der Waals surface area (Å²) >= 11 is 6.23. The predicted octanol–water partition coefficient (Wildman–Crippen LogP) is 3.79. The summed E-state index contributed by atoms with van der Waals surface area (Å²) in [7, 11) is 2.16. The zero-order chi connectivity index (χ0) is 15.3. The fourth-order valence-electron chi connectivity index (χ4n) is 4.23. The molecule has 0 amide bonds. The van der Waals surface area contributed by atoms with Crippen LogP contribution in [0.1, 0.15) is 57.2 Å². The largest absolute Gasteiger partial charge is 0.378 e. The predicted molar refractivity (Wildman–Crippen MR) is 87.5 cm³/mol. The van der Waals surface area contributed by atoms with Crippen LogP contribution in [0.4, 0.5) is 5.82 Å². The van der Waals surface area contributed by atoms with E-state index in [-0.39, 0.29) is 0 Å². The number of hydrogen-bond acceptors (Lipinski definition) is 4. The summed E-state index contributed by atoms with van der Waals surface area (Å²) in [6.45, 7) is 2.91. The van der Waals surface area contributed by atoms with E-state index in [1.807, 2.05) is 6.07 Å². The fourth-order valence-corrected chi connectivity index (χ4v) is 4.42. The van der Waals surface area contributed by atoms with Gasteiger partial charge in [-0.1, -0.05) is 18.0 Å². The first-order chi connectivity index (χ1) is 10.6. The Labute approximate surface area is 137 Å². The Morgan fingerprint density at radius 2 is 2.14 bits per heavy atom. The van der Waals surface area contributed by atoms with Crippen molar-refractivity contribution < 1.29 is 4.74 Å². The topological polar surface area (TPSA) is 38.2 Å². The fraction of sp³-hybridized carbons (Fsp3) is 0.765. The highest BCUT2D eigenvalue weighted by atomic mass is 35.5. The normalized spacial score (nSPS) is 29.0. The van der Waals surface area contributed by atoms with Crippen molar-refractivity contribution in [3.63, 3.8) is 0 Å². The number of nitrogens with zero attached hydrogens (tertiary/aromatic N) is 3. The maximum absolute atomic E-state index is 6.23. The molecule has 2 unspecified atom stereocenters. The maximum atomic E-state index is 6.23. The van der Waals surface area contributed by atoms with Crippen LogP contribution < -0.4 is 4.90 Å². The van der Waals surface area contributed by atoms with Crippen LogP contribution in [0.5, 0.6) is 0 Å². The van der Waals surface area contributed by atoms with E-state index in [0.29, 0.717) is 28.6 Å². The number of rotatable bonds is 5. The molecule has 1 aromatic heterocycles. The van der Waals surface area contributed by atoms with Gasteiger partial charge in [-0.15, -0.1) is 0 Å². The minimum Gasteiger partial charge on any atom is -0.378 e. The first kappa shape index (κ1) is 14.7. The molecule has 3 aliphatic carbocycles. The van der Waals surface area contributed by atoms with Gasteiger partial charge in [0.1, 0.15) is 16.8 Å². The first-order valence-corrected chi connectivity index (χ1v) is 8.91. The van der Waals surface area contributed by atoms with E-state index in [2.05, 4.69) is 23.9 Å². The van der Waals surface area contributed by atoms with E-state index in [1.165, 1.54) is 32.1 Å². The molecule has 0 aliphatic heterocycles. The molecule has 1 heterocycles. The summed E-state index contributed by atoms with van der Waals surface area (Å²) < 4.78 is 5.96. The van der Waals surface area contributed by atoms with Gasteiger partial charge >= 0.3 is 0 Å². The van der Waals surface area contributed by atoms with Crippen LogP contribution in [0.2, 0.25) is 5.15 Å². The van der Waals surface area contributed by atoms with Gasteiger partial charge in [0.25, 0.3) is 0 Å². The van der Waals surface area contributed by atoms with Crippen molar-refractivity contribution in [2.45, 2.75) is 63.5 Å². The van der Waals surface area contributed by atoms with Crippen molar-refractivity contribution in [1.82, 2.24) is 9.97 Å². The van der Waals surface area contributed by atoms with Gasteiger partial charge in [-0.25, -0.2) is 9.97 Å². The number of aromatic nitrogens is 2. The number of halogens is 1. The zero-order valence-electron chi connectivity index (χ0n) is 13.4. The Kier molecular flexibility index (Phi) is 3.57. The van der Waals surface area contributed by atoms with Crippen molar-refractivity contribution in [3.05, 3.63) is 17.0 Å². The van der Waals surface area contributed by atoms with Crippen LogP contribution in [0.3, 0.4) is 0 Å². The van der Waals surface area contributed by atoms with Gasteiger partial charge in [-0.05, 0) is 39.0 Å². The molecule has 0 N–H and O–H groups in total. The molecule has 0 radical (unpaired) electrons. The minimum absolute atomic E-state index is 0.349. The Bertz CT molecular complexity index is 571. The maximum Gasteiger partial charge on any atom is 0.135 e.